The van der Waals surface area contributed by atoms with Crippen LogP contribution in [0.2, 0.25) is 0 Å². The lowest BCUT2D eigenvalue weighted by molar-refractivity contribution is -0.134. The molecule has 1 unspecified atom stereocenters. The Morgan fingerprint density at radius 1 is 1.36 bits per heavy atom. The van der Waals surface area contributed by atoms with Crippen LogP contribution in [0.5, 0.6) is 0 Å². The molecule has 0 aliphatic carbocycles. The standard InChI is InChI=1S/C11H24N2O/c1-6-8-13(7-2)11(14)10(12-5)9(3)4/h9-10,12H,6-8H2,1-5H3. The van der Waals surface area contributed by atoms with Crippen LogP contribution in [-0.2, 0) is 4.79 Å². The number of carbonyl (C=O) groups is 1. The Kier molecular flexibility index (Phi) is 6.54. The quantitative estimate of drug-likeness (QED) is 0.704. The molecule has 0 saturated heterocycles. The number of likely N-dealkylation sites (N-methyl/N-ethyl adjacent to an activating group) is 2. The van der Waals surface area contributed by atoms with Crippen LogP contribution >= 0.6 is 0 Å². The number of carbonyl (C=O) groups excluding carboxylic acids is 1. The van der Waals surface area contributed by atoms with Crippen LogP contribution in [0.4, 0.5) is 0 Å². The lowest BCUT2D eigenvalue weighted by Crippen LogP contribution is -2.48. The summed E-state index contributed by atoms with van der Waals surface area (Å²) in [4.78, 5) is 13.9. The van der Waals surface area contributed by atoms with Gasteiger partial charge in [0.25, 0.3) is 0 Å². The maximum atomic E-state index is 12.0. The van der Waals surface area contributed by atoms with E-state index in [1.807, 2.05) is 18.9 Å². The number of hydrogen-bond donors (Lipinski definition) is 1. The van der Waals surface area contributed by atoms with Gasteiger partial charge in [0, 0.05) is 13.1 Å². The fourth-order valence-corrected chi connectivity index (χ4v) is 1.63. The molecular weight excluding hydrogens is 176 g/mol. The summed E-state index contributed by atoms with van der Waals surface area (Å²) in [5, 5.41) is 3.08. The van der Waals surface area contributed by atoms with Gasteiger partial charge in [-0.05, 0) is 26.3 Å². The summed E-state index contributed by atoms with van der Waals surface area (Å²) < 4.78 is 0. The molecule has 0 bridgehead atoms. The molecule has 0 aromatic carbocycles. The van der Waals surface area contributed by atoms with Crippen LogP contribution in [0.25, 0.3) is 0 Å². The second kappa shape index (κ2) is 6.82. The van der Waals surface area contributed by atoms with E-state index in [2.05, 4.69) is 26.1 Å². The second-order valence-electron chi connectivity index (χ2n) is 3.93. The molecule has 84 valence electrons. The van der Waals surface area contributed by atoms with Gasteiger partial charge in [0.05, 0.1) is 6.04 Å². The molecule has 0 spiro atoms. The molecular formula is C11H24N2O. The van der Waals surface area contributed by atoms with E-state index < -0.39 is 0 Å². The fraction of sp³-hybridized carbons (Fsp3) is 0.909. The Hall–Kier alpha value is -0.570. The van der Waals surface area contributed by atoms with Crippen molar-refractivity contribution in [1.82, 2.24) is 10.2 Å². The predicted molar refractivity (Wildman–Crippen MR) is 60.2 cm³/mol. The first-order chi connectivity index (χ1) is 6.58. The molecule has 0 aromatic heterocycles. The lowest BCUT2D eigenvalue weighted by Gasteiger charge is -2.27. The largest absolute Gasteiger partial charge is 0.342 e. The van der Waals surface area contributed by atoms with E-state index in [1.165, 1.54) is 0 Å². The average molecular weight is 200 g/mol. The number of hydrogen-bond acceptors (Lipinski definition) is 2. The Balaban J connectivity index is 4.37. The molecule has 3 heteroatoms. The smallest absolute Gasteiger partial charge is 0.239 e. The van der Waals surface area contributed by atoms with Crippen LogP contribution < -0.4 is 5.32 Å². The Bertz CT molecular complexity index is 169. The highest BCUT2D eigenvalue weighted by Crippen LogP contribution is 2.06. The van der Waals surface area contributed by atoms with Crippen LogP contribution in [0, 0.1) is 5.92 Å². The first kappa shape index (κ1) is 13.4. The average Bonchev–Trinajstić information content (AvgIpc) is 2.14. The van der Waals surface area contributed by atoms with Crippen molar-refractivity contribution in [1.29, 1.82) is 0 Å². The number of rotatable bonds is 6. The third-order valence-corrected chi connectivity index (χ3v) is 2.43. The summed E-state index contributed by atoms with van der Waals surface area (Å²) >= 11 is 0. The van der Waals surface area contributed by atoms with E-state index in [9.17, 15) is 4.79 Å². The lowest BCUT2D eigenvalue weighted by atomic mass is 10.0. The van der Waals surface area contributed by atoms with Gasteiger partial charge in [-0.2, -0.15) is 0 Å². The molecule has 1 N–H and O–H groups in total. The summed E-state index contributed by atoms with van der Waals surface area (Å²) in [6, 6.07) is -0.0403. The molecule has 3 nitrogen and oxygen atoms in total. The Morgan fingerprint density at radius 3 is 2.21 bits per heavy atom. The molecule has 0 heterocycles. The van der Waals surface area contributed by atoms with Gasteiger partial charge in [-0.3, -0.25) is 4.79 Å². The third kappa shape index (κ3) is 3.66. The van der Waals surface area contributed by atoms with Crippen molar-refractivity contribution in [3.8, 4) is 0 Å². The molecule has 0 rings (SSSR count). The van der Waals surface area contributed by atoms with E-state index in [4.69, 9.17) is 0 Å². The summed E-state index contributed by atoms with van der Waals surface area (Å²) in [5.41, 5.74) is 0. The highest BCUT2D eigenvalue weighted by Gasteiger charge is 2.23. The van der Waals surface area contributed by atoms with Gasteiger partial charge in [-0.25, -0.2) is 0 Å². The minimum absolute atomic E-state index is 0.0403. The van der Waals surface area contributed by atoms with E-state index in [1.54, 1.807) is 0 Å². The SMILES string of the molecule is CCCN(CC)C(=O)C(NC)C(C)C. The topological polar surface area (TPSA) is 32.3 Å². The summed E-state index contributed by atoms with van der Waals surface area (Å²) in [6.45, 7) is 9.93. The van der Waals surface area contributed by atoms with E-state index in [-0.39, 0.29) is 11.9 Å². The molecule has 0 aromatic rings. The van der Waals surface area contributed by atoms with Crippen molar-refractivity contribution in [3.63, 3.8) is 0 Å². The number of amides is 1. The maximum absolute atomic E-state index is 12.0. The summed E-state index contributed by atoms with van der Waals surface area (Å²) in [5.74, 6) is 0.574. The molecule has 1 amide bonds. The van der Waals surface area contributed by atoms with Crippen LogP contribution in [-0.4, -0.2) is 37.0 Å². The number of nitrogens with zero attached hydrogens (tertiary/aromatic N) is 1. The van der Waals surface area contributed by atoms with Crippen LogP contribution in [0.3, 0.4) is 0 Å². The highest BCUT2D eigenvalue weighted by atomic mass is 16.2. The highest BCUT2D eigenvalue weighted by molar-refractivity contribution is 5.82. The van der Waals surface area contributed by atoms with Gasteiger partial charge < -0.3 is 10.2 Å². The maximum Gasteiger partial charge on any atom is 0.239 e. The fourth-order valence-electron chi connectivity index (χ4n) is 1.63. The van der Waals surface area contributed by atoms with Gasteiger partial charge in [-0.1, -0.05) is 20.8 Å². The summed E-state index contributed by atoms with van der Waals surface area (Å²) in [7, 11) is 1.85. The van der Waals surface area contributed by atoms with Crippen molar-refractivity contribution < 1.29 is 4.79 Å². The van der Waals surface area contributed by atoms with Crippen molar-refractivity contribution in [2.75, 3.05) is 20.1 Å². The molecule has 0 aliphatic heterocycles. The van der Waals surface area contributed by atoms with E-state index in [0.29, 0.717) is 5.92 Å². The van der Waals surface area contributed by atoms with E-state index in [0.717, 1.165) is 19.5 Å². The van der Waals surface area contributed by atoms with Gasteiger partial charge in [0.1, 0.15) is 0 Å². The Labute approximate surface area is 87.9 Å². The predicted octanol–water partition coefficient (Wildman–Crippen LogP) is 1.49. The molecule has 1 atom stereocenters. The first-order valence-electron chi connectivity index (χ1n) is 5.54. The van der Waals surface area contributed by atoms with Gasteiger partial charge in [0.2, 0.25) is 5.91 Å². The van der Waals surface area contributed by atoms with Crippen LogP contribution in [0.15, 0.2) is 0 Å². The third-order valence-electron chi connectivity index (χ3n) is 2.43. The molecule has 0 aliphatic rings. The zero-order chi connectivity index (χ0) is 11.1. The van der Waals surface area contributed by atoms with Crippen molar-refractivity contribution in [3.05, 3.63) is 0 Å². The van der Waals surface area contributed by atoms with Crippen molar-refractivity contribution in [2.24, 2.45) is 5.92 Å². The normalized spacial score (nSPS) is 13.0. The minimum atomic E-state index is -0.0403. The monoisotopic (exact) mass is 200 g/mol. The minimum Gasteiger partial charge on any atom is -0.342 e. The van der Waals surface area contributed by atoms with Crippen LogP contribution in [0.1, 0.15) is 34.1 Å². The molecule has 0 radical (unpaired) electrons. The van der Waals surface area contributed by atoms with Crippen molar-refractivity contribution in [2.45, 2.75) is 40.2 Å². The van der Waals surface area contributed by atoms with Gasteiger partial charge in [-0.15, -0.1) is 0 Å². The zero-order valence-corrected chi connectivity index (χ0v) is 10.1. The van der Waals surface area contributed by atoms with Gasteiger partial charge in [0.15, 0.2) is 0 Å². The zero-order valence-electron chi connectivity index (χ0n) is 10.1. The number of nitrogens with one attached hydrogen (secondary N) is 1. The van der Waals surface area contributed by atoms with Crippen molar-refractivity contribution >= 4 is 5.91 Å². The molecule has 0 saturated carbocycles. The first-order valence-corrected chi connectivity index (χ1v) is 5.54. The summed E-state index contributed by atoms with van der Waals surface area (Å²) in [6.07, 6.45) is 1.02. The Morgan fingerprint density at radius 2 is 1.93 bits per heavy atom. The van der Waals surface area contributed by atoms with E-state index >= 15 is 0 Å². The molecule has 14 heavy (non-hydrogen) atoms. The second-order valence-corrected chi connectivity index (χ2v) is 3.93. The molecule has 0 fully saturated rings. The van der Waals surface area contributed by atoms with Gasteiger partial charge >= 0.3 is 0 Å².